The van der Waals surface area contributed by atoms with E-state index in [-0.39, 0.29) is 5.91 Å². The number of nitrogens with one attached hydrogen (secondary N) is 1. The molecular formula is C20H20N4OS2. The second-order valence-electron chi connectivity index (χ2n) is 6.62. The highest BCUT2D eigenvalue weighted by molar-refractivity contribution is 7.99. The Balaban J connectivity index is 1.38. The van der Waals surface area contributed by atoms with E-state index in [1.54, 1.807) is 23.1 Å². The molecule has 3 aromatic rings. The van der Waals surface area contributed by atoms with Gasteiger partial charge in [-0.25, -0.2) is 4.98 Å². The van der Waals surface area contributed by atoms with E-state index in [1.807, 2.05) is 31.3 Å². The molecule has 27 heavy (non-hydrogen) atoms. The maximum Gasteiger partial charge on any atom is 0.225 e. The van der Waals surface area contributed by atoms with Crippen molar-refractivity contribution in [3.8, 4) is 6.07 Å². The SMILES string of the molecule is Cn1c(SCCC(=O)Nc2sc3c(c2C#N)CCCC3)nc2ccccc21. The van der Waals surface area contributed by atoms with Crippen LogP contribution in [0.5, 0.6) is 0 Å². The molecule has 1 aromatic carbocycles. The number of imidazole rings is 1. The van der Waals surface area contributed by atoms with Gasteiger partial charge in [0.25, 0.3) is 0 Å². The number of thioether (sulfide) groups is 1. The average molecular weight is 397 g/mol. The molecule has 5 nitrogen and oxygen atoms in total. The first-order valence-corrected chi connectivity index (χ1v) is 10.9. The van der Waals surface area contributed by atoms with Crippen molar-refractivity contribution >= 4 is 45.0 Å². The molecule has 0 atom stereocenters. The van der Waals surface area contributed by atoms with E-state index in [0.717, 1.165) is 46.0 Å². The van der Waals surface area contributed by atoms with Gasteiger partial charge < -0.3 is 9.88 Å². The lowest BCUT2D eigenvalue weighted by Crippen LogP contribution is -2.12. The van der Waals surface area contributed by atoms with Crippen LogP contribution in [0.15, 0.2) is 29.4 Å². The van der Waals surface area contributed by atoms with Crippen molar-refractivity contribution in [3.05, 3.63) is 40.3 Å². The number of thiophene rings is 1. The smallest absolute Gasteiger partial charge is 0.225 e. The summed E-state index contributed by atoms with van der Waals surface area (Å²) in [5.74, 6) is 0.604. The molecule has 0 saturated carbocycles. The Labute approximate surface area is 166 Å². The predicted octanol–water partition coefficient (Wildman–Crippen LogP) is 4.51. The maximum atomic E-state index is 12.4. The van der Waals surface area contributed by atoms with E-state index in [4.69, 9.17) is 0 Å². The molecule has 0 aliphatic heterocycles. The quantitative estimate of drug-likeness (QED) is 0.644. The Morgan fingerprint density at radius 3 is 3.00 bits per heavy atom. The van der Waals surface area contributed by atoms with E-state index in [1.165, 1.54) is 11.3 Å². The summed E-state index contributed by atoms with van der Waals surface area (Å²) in [5.41, 5.74) is 3.88. The largest absolute Gasteiger partial charge is 0.322 e. The highest BCUT2D eigenvalue weighted by Gasteiger charge is 2.21. The predicted molar refractivity (Wildman–Crippen MR) is 110 cm³/mol. The zero-order valence-corrected chi connectivity index (χ0v) is 16.8. The van der Waals surface area contributed by atoms with Crippen molar-refractivity contribution in [1.29, 1.82) is 5.26 Å². The number of carbonyl (C=O) groups excluding carboxylic acids is 1. The third-order valence-electron chi connectivity index (χ3n) is 4.84. The van der Waals surface area contributed by atoms with E-state index >= 15 is 0 Å². The molecule has 0 unspecified atom stereocenters. The van der Waals surface area contributed by atoms with E-state index in [0.29, 0.717) is 17.7 Å². The molecule has 0 radical (unpaired) electrons. The van der Waals surface area contributed by atoms with E-state index in [2.05, 4.69) is 20.9 Å². The fourth-order valence-electron chi connectivity index (χ4n) is 3.45. The number of hydrogen-bond acceptors (Lipinski definition) is 5. The fraction of sp³-hybridized carbons (Fsp3) is 0.350. The number of hydrogen-bond donors (Lipinski definition) is 1. The topological polar surface area (TPSA) is 70.7 Å². The summed E-state index contributed by atoms with van der Waals surface area (Å²) in [5, 5.41) is 14.1. The van der Waals surface area contributed by atoms with Crippen LogP contribution >= 0.6 is 23.1 Å². The lowest BCUT2D eigenvalue weighted by atomic mass is 9.96. The number of aromatic nitrogens is 2. The van der Waals surface area contributed by atoms with Gasteiger partial charge in [-0.3, -0.25) is 4.79 Å². The molecule has 1 aliphatic carbocycles. The number of carbonyl (C=O) groups is 1. The molecule has 0 saturated heterocycles. The van der Waals surface area contributed by atoms with Gasteiger partial charge in [0.05, 0.1) is 16.6 Å². The van der Waals surface area contributed by atoms with Gasteiger partial charge in [-0.05, 0) is 43.4 Å². The third-order valence-corrected chi connectivity index (χ3v) is 7.08. The second-order valence-corrected chi connectivity index (χ2v) is 8.78. The summed E-state index contributed by atoms with van der Waals surface area (Å²) in [6.07, 6.45) is 4.66. The van der Waals surface area contributed by atoms with Gasteiger partial charge in [0, 0.05) is 24.1 Å². The molecule has 4 rings (SSSR count). The zero-order valence-electron chi connectivity index (χ0n) is 15.1. The van der Waals surface area contributed by atoms with Crippen LogP contribution in [0.3, 0.4) is 0 Å². The lowest BCUT2D eigenvalue weighted by molar-refractivity contribution is -0.115. The monoisotopic (exact) mass is 396 g/mol. The Kier molecular flexibility index (Phi) is 5.19. The van der Waals surface area contributed by atoms with Crippen LogP contribution in [0.2, 0.25) is 0 Å². The summed E-state index contributed by atoms with van der Waals surface area (Å²) in [4.78, 5) is 18.3. The summed E-state index contributed by atoms with van der Waals surface area (Å²) < 4.78 is 2.05. The van der Waals surface area contributed by atoms with Crippen molar-refractivity contribution in [2.45, 2.75) is 37.3 Å². The summed E-state index contributed by atoms with van der Waals surface area (Å²) >= 11 is 3.15. The fourth-order valence-corrected chi connectivity index (χ4v) is 5.63. The number of nitrogens with zero attached hydrogens (tertiary/aromatic N) is 3. The van der Waals surface area contributed by atoms with E-state index in [9.17, 15) is 10.1 Å². The van der Waals surface area contributed by atoms with Crippen LogP contribution in [0, 0.1) is 11.3 Å². The van der Waals surface area contributed by atoms with Crippen LogP contribution < -0.4 is 5.32 Å². The van der Waals surface area contributed by atoms with Crippen LogP contribution in [0.1, 0.15) is 35.3 Å². The molecule has 2 heterocycles. The number of amides is 1. The molecule has 2 aromatic heterocycles. The van der Waals surface area contributed by atoms with Gasteiger partial charge in [0.1, 0.15) is 11.1 Å². The summed E-state index contributed by atoms with van der Waals surface area (Å²) in [6, 6.07) is 10.3. The van der Waals surface area contributed by atoms with Gasteiger partial charge in [-0.1, -0.05) is 23.9 Å². The molecule has 1 amide bonds. The van der Waals surface area contributed by atoms with Gasteiger partial charge in [-0.15, -0.1) is 11.3 Å². The Morgan fingerprint density at radius 1 is 1.37 bits per heavy atom. The number of fused-ring (bicyclic) bond motifs is 2. The van der Waals surface area contributed by atoms with Crippen molar-refractivity contribution in [2.24, 2.45) is 7.05 Å². The third kappa shape index (κ3) is 3.60. The average Bonchev–Trinajstić information content (AvgIpc) is 3.19. The molecule has 138 valence electrons. The molecular weight excluding hydrogens is 376 g/mol. The first kappa shape index (κ1) is 18.1. The molecule has 0 spiro atoms. The number of para-hydroxylation sites is 2. The van der Waals surface area contributed by atoms with Gasteiger partial charge >= 0.3 is 0 Å². The first-order valence-electron chi connectivity index (χ1n) is 9.06. The molecule has 0 fully saturated rings. The highest BCUT2D eigenvalue weighted by Crippen LogP contribution is 2.37. The molecule has 7 heteroatoms. The van der Waals surface area contributed by atoms with Crippen LogP contribution in [-0.2, 0) is 24.7 Å². The Bertz CT molecular complexity index is 1040. The van der Waals surface area contributed by atoms with Crippen molar-refractivity contribution < 1.29 is 4.79 Å². The summed E-state index contributed by atoms with van der Waals surface area (Å²) in [7, 11) is 1.99. The van der Waals surface area contributed by atoms with E-state index < -0.39 is 0 Å². The number of aryl methyl sites for hydroxylation is 2. The van der Waals surface area contributed by atoms with Crippen LogP contribution in [0.4, 0.5) is 5.00 Å². The van der Waals surface area contributed by atoms with Crippen molar-refractivity contribution in [1.82, 2.24) is 9.55 Å². The second kappa shape index (κ2) is 7.75. The lowest BCUT2D eigenvalue weighted by Gasteiger charge is -2.09. The van der Waals surface area contributed by atoms with Gasteiger partial charge in [0.2, 0.25) is 5.91 Å². The highest BCUT2D eigenvalue weighted by atomic mass is 32.2. The van der Waals surface area contributed by atoms with Gasteiger partial charge in [-0.2, -0.15) is 5.26 Å². The Hall–Kier alpha value is -2.30. The van der Waals surface area contributed by atoms with Crippen LogP contribution in [0.25, 0.3) is 11.0 Å². The normalized spacial score (nSPS) is 13.3. The van der Waals surface area contributed by atoms with Crippen molar-refractivity contribution in [2.75, 3.05) is 11.1 Å². The maximum absolute atomic E-state index is 12.4. The standard InChI is InChI=1S/C20H20N4OS2/c1-24-16-8-4-3-7-15(16)22-20(24)26-11-10-18(25)23-19-14(12-21)13-6-2-5-9-17(13)27-19/h3-4,7-8H,2,5-6,9-11H2,1H3,(H,23,25). The minimum absolute atomic E-state index is 0.0450. The Morgan fingerprint density at radius 2 is 2.19 bits per heavy atom. The van der Waals surface area contributed by atoms with Gasteiger partial charge in [0.15, 0.2) is 5.16 Å². The van der Waals surface area contributed by atoms with Crippen molar-refractivity contribution in [3.63, 3.8) is 0 Å². The molecule has 1 N–H and O–H groups in total. The minimum atomic E-state index is -0.0450. The van der Waals surface area contributed by atoms with Crippen LogP contribution in [-0.4, -0.2) is 21.2 Å². The first-order chi connectivity index (χ1) is 13.2. The number of anilines is 1. The number of rotatable bonds is 5. The minimum Gasteiger partial charge on any atom is -0.322 e. The zero-order chi connectivity index (χ0) is 18.8. The number of benzene rings is 1. The summed E-state index contributed by atoms with van der Waals surface area (Å²) in [6.45, 7) is 0. The molecule has 1 aliphatic rings. The molecule has 0 bridgehead atoms. The number of nitriles is 1.